The van der Waals surface area contributed by atoms with E-state index in [1.807, 2.05) is 6.20 Å². The normalized spacial score (nSPS) is 32.3. The first-order chi connectivity index (χ1) is 6.72. The average Bonchev–Trinajstić information content (AvgIpc) is 2.76. The predicted octanol–water partition coefficient (Wildman–Crippen LogP) is 2.46. The average molecular weight is 210 g/mol. The first kappa shape index (κ1) is 10.1. The van der Waals surface area contributed by atoms with E-state index in [-0.39, 0.29) is 0 Å². The first-order valence-corrected chi connectivity index (χ1v) is 6.15. The zero-order valence-electron chi connectivity index (χ0n) is 8.92. The van der Waals surface area contributed by atoms with Crippen molar-refractivity contribution in [2.75, 3.05) is 7.05 Å². The molecule has 0 bridgehead atoms. The van der Waals surface area contributed by atoms with Gasteiger partial charge in [-0.05, 0) is 31.7 Å². The van der Waals surface area contributed by atoms with Gasteiger partial charge in [0.15, 0.2) is 0 Å². The van der Waals surface area contributed by atoms with E-state index in [1.54, 1.807) is 11.3 Å². The monoisotopic (exact) mass is 210 g/mol. The molecule has 1 heterocycles. The highest BCUT2D eigenvalue weighted by molar-refractivity contribution is 7.09. The highest BCUT2D eigenvalue weighted by Gasteiger charge is 2.34. The van der Waals surface area contributed by atoms with Crippen LogP contribution in [0.1, 0.15) is 31.2 Å². The van der Waals surface area contributed by atoms with Gasteiger partial charge in [0.2, 0.25) is 0 Å². The largest absolute Gasteiger partial charge is 0.317 e. The quantitative estimate of drug-likeness (QED) is 0.829. The number of hydrogen-bond donors (Lipinski definition) is 1. The lowest BCUT2D eigenvalue weighted by molar-refractivity contribution is 0.324. The molecule has 0 saturated heterocycles. The minimum atomic E-state index is 0.478. The molecule has 1 saturated carbocycles. The molecule has 1 aromatic heterocycles. The number of nitrogens with zero attached hydrogens (tertiary/aromatic N) is 1. The van der Waals surface area contributed by atoms with Crippen LogP contribution in [0, 0.1) is 5.41 Å². The molecule has 2 nitrogen and oxygen atoms in total. The molecule has 0 aromatic carbocycles. The molecule has 0 amide bonds. The van der Waals surface area contributed by atoms with Gasteiger partial charge in [0.1, 0.15) is 0 Å². The lowest BCUT2D eigenvalue weighted by atomic mass is 9.85. The fourth-order valence-corrected chi connectivity index (χ4v) is 3.27. The Morgan fingerprint density at radius 1 is 1.71 bits per heavy atom. The summed E-state index contributed by atoms with van der Waals surface area (Å²) in [6.45, 7) is 2.39. The Morgan fingerprint density at radius 3 is 3.14 bits per heavy atom. The van der Waals surface area contributed by atoms with E-state index in [9.17, 15) is 0 Å². The van der Waals surface area contributed by atoms with Crippen LogP contribution in [0.5, 0.6) is 0 Å². The first-order valence-electron chi connectivity index (χ1n) is 5.27. The van der Waals surface area contributed by atoms with Gasteiger partial charge in [-0.2, -0.15) is 0 Å². The van der Waals surface area contributed by atoms with Crippen LogP contribution >= 0.6 is 11.3 Å². The van der Waals surface area contributed by atoms with Gasteiger partial charge < -0.3 is 5.32 Å². The van der Waals surface area contributed by atoms with Crippen molar-refractivity contribution in [1.82, 2.24) is 10.3 Å². The molecule has 1 N–H and O–H groups in total. The zero-order valence-corrected chi connectivity index (χ0v) is 9.73. The minimum absolute atomic E-state index is 0.478. The van der Waals surface area contributed by atoms with Gasteiger partial charge >= 0.3 is 0 Å². The van der Waals surface area contributed by atoms with Crippen molar-refractivity contribution in [3.05, 3.63) is 16.6 Å². The number of hydrogen-bond acceptors (Lipinski definition) is 3. The Balaban J connectivity index is 1.97. The summed E-state index contributed by atoms with van der Waals surface area (Å²) in [5, 5.41) is 6.75. The minimum Gasteiger partial charge on any atom is -0.317 e. The van der Waals surface area contributed by atoms with Gasteiger partial charge in [0.25, 0.3) is 0 Å². The van der Waals surface area contributed by atoms with Gasteiger partial charge in [0, 0.05) is 24.0 Å². The molecular weight excluding hydrogens is 192 g/mol. The lowest BCUT2D eigenvalue weighted by Gasteiger charge is -2.22. The Bertz CT molecular complexity index is 283. The Morgan fingerprint density at radius 2 is 2.57 bits per heavy atom. The molecule has 14 heavy (non-hydrogen) atoms. The maximum atomic E-state index is 4.37. The van der Waals surface area contributed by atoms with Crippen LogP contribution in [0.15, 0.2) is 11.6 Å². The maximum Gasteiger partial charge on any atom is 0.0930 e. The molecule has 1 aliphatic rings. The predicted molar refractivity (Wildman–Crippen MR) is 60.6 cm³/mol. The zero-order chi connectivity index (χ0) is 10.0. The Kier molecular flexibility index (Phi) is 2.88. The van der Waals surface area contributed by atoms with E-state index in [1.165, 1.54) is 24.3 Å². The van der Waals surface area contributed by atoms with Crippen molar-refractivity contribution >= 4 is 11.3 Å². The van der Waals surface area contributed by atoms with Crippen LogP contribution in [0.4, 0.5) is 0 Å². The van der Waals surface area contributed by atoms with Gasteiger partial charge in [-0.25, -0.2) is 4.98 Å². The molecule has 0 radical (unpaired) electrons. The summed E-state index contributed by atoms with van der Waals surface area (Å²) < 4.78 is 0. The molecule has 0 spiro atoms. The second kappa shape index (κ2) is 3.99. The summed E-state index contributed by atoms with van der Waals surface area (Å²) in [6.07, 6.45) is 7.01. The van der Waals surface area contributed by atoms with Crippen molar-refractivity contribution in [2.45, 2.75) is 38.6 Å². The molecule has 78 valence electrons. The second-order valence-electron chi connectivity index (χ2n) is 4.64. The summed E-state index contributed by atoms with van der Waals surface area (Å²) in [7, 11) is 2.07. The standard InChI is InChI=1S/C11H18N2S/c1-11(4-3-9(7-11)12-2)8-10-13-5-6-14-10/h5-6,9,12H,3-4,7-8H2,1-2H3. The molecule has 1 fully saturated rings. The summed E-state index contributed by atoms with van der Waals surface area (Å²) in [6, 6.07) is 0.722. The summed E-state index contributed by atoms with van der Waals surface area (Å²) >= 11 is 1.79. The smallest absolute Gasteiger partial charge is 0.0930 e. The van der Waals surface area contributed by atoms with Gasteiger partial charge in [-0.3, -0.25) is 0 Å². The molecule has 2 atom stereocenters. The highest BCUT2D eigenvalue weighted by Crippen LogP contribution is 2.40. The summed E-state index contributed by atoms with van der Waals surface area (Å²) in [5.41, 5.74) is 0.478. The maximum absolute atomic E-state index is 4.37. The van der Waals surface area contributed by atoms with Crippen LogP contribution in [0.25, 0.3) is 0 Å². The highest BCUT2D eigenvalue weighted by atomic mass is 32.1. The van der Waals surface area contributed by atoms with Crippen LogP contribution < -0.4 is 5.32 Å². The molecular formula is C11H18N2S. The number of rotatable bonds is 3. The third-order valence-corrected chi connectivity index (χ3v) is 4.08. The van der Waals surface area contributed by atoms with E-state index >= 15 is 0 Å². The van der Waals surface area contributed by atoms with E-state index in [0.717, 1.165) is 12.5 Å². The number of aromatic nitrogens is 1. The molecule has 3 heteroatoms. The van der Waals surface area contributed by atoms with Crippen LogP contribution in [-0.2, 0) is 6.42 Å². The van der Waals surface area contributed by atoms with Gasteiger partial charge in [-0.15, -0.1) is 11.3 Å². The van der Waals surface area contributed by atoms with Gasteiger partial charge in [0.05, 0.1) is 5.01 Å². The van der Waals surface area contributed by atoms with Gasteiger partial charge in [-0.1, -0.05) is 6.92 Å². The van der Waals surface area contributed by atoms with Crippen molar-refractivity contribution in [2.24, 2.45) is 5.41 Å². The molecule has 0 aliphatic heterocycles. The Hall–Kier alpha value is -0.410. The molecule has 2 unspecified atom stereocenters. The third-order valence-electron chi connectivity index (χ3n) is 3.31. The van der Waals surface area contributed by atoms with Crippen LogP contribution in [0.2, 0.25) is 0 Å². The van der Waals surface area contributed by atoms with E-state index in [0.29, 0.717) is 5.41 Å². The lowest BCUT2D eigenvalue weighted by Crippen LogP contribution is -2.24. The third kappa shape index (κ3) is 2.15. The van der Waals surface area contributed by atoms with Crippen LogP contribution in [0.3, 0.4) is 0 Å². The van der Waals surface area contributed by atoms with Crippen molar-refractivity contribution < 1.29 is 0 Å². The molecule has 1 aromatic rings. The number of nitrogens with one attached hydrogen (secondary N) is 1. The van der Waals surface area contributed by atoms with Crippen molar-refractivity contribution in [3.63, 3.8) is 0 Å². The number of thiazole rings is 1. The summed E-state index contributed by atoms with van der Waals surface area (Å²) in [5.74, 6) is 0. The SMILES string of the molecule is CNC1CCC(C)(Cc2nccs2)C1. The Labute approximate surface area is 89.8 Å². The molecule has 1 aliphatic carbocycles. The second-order valence-corrected chi connectivity index (χ2v) is 5.62. The van der Waals surface area contributed by atoms with E-state index in [2.05, 4.69) is 29.7 Å². The summed E-state index contributed by atoms with van der Waals surface area (Å²) in [4.78, 5) is 4.37. The topological polar surface area (TPSA) is 24.9 Å². The van der Waals surface area contributed by atoms with Crippen molar-refractivity contribution in [1.29, 1.82) is 0 Å². The van der Waals surface area contributed by atoms with Crippen LogP contribution in [-0.4, -0.2) is 18.1 Å². The van der Waals surface area contributed by atoms with E-state index < -0.39 is 0 Å². The van der Waals surface area contributed by atoms with E-state index in [4.69, 9.17) is 0 Å². The fourth-order valence-electron chi connectivity index (χ4n) is 2.43. The fraction of sp³-hybridized carbons (Fsp3) is 0.727. The molecule has 2 rings (SSSR count). The van der Waals surface area contributed by atoms with Crippen molar-refractivity contribution in [3.8, 4) is 0 Å².